The van der Waals surface area contributed by atoms with Crippen molar-refractivity contribution in [3.05, 3.63) is 0 Å². The van der Waals surface area contributed by atoms with Crippen LogP contribution in [-0.2, 0) is 0 Å². The zero-order chi connectivity index (χ0) is 10.7. The average Bonchev–Trinajstić information content (AvgIpc) is 2.09. The van der Waals surface area contributed by atoms with Crippen LogP contribution in [0.1, 0.15) is 38.5 Å². The number of nitrogens with two attached hydrogens (primary N) is 1. The van der Waals surface area contributed by atoms with E-state index < -0.39 is 5.60 Å². The molecule has 4 N–H and O–H groups in total. The van der Waals surface area contributed by atoms with Crippen LogP contribution in [0.2, 0.25) is 0 Å². The summed E-state index contributed by atoms with van der Waals surface area (Å²) in [6, 6.07) is 0. The number of aliphatic hydroxyl groups is 1. The van der Waals surface area contributed by atoms with E-state index in [-0.39, 0.29) is 0 Å². The molecule has 0 aromatic carbocycles. The minimum atomic E-state index is -0.553. The first kappa shape index (κ1) is 10.7. The molecule has 0 heterocycles. The average molecular weight is 211 g/mol. The Kier molecular flexibility index (Phi) is 3.14. The van der Waals surface area contributed by atoms with Crippen molar-refractivity contribution in [2.75, 3.05) is 13.1 Å². The summed E-state index contributed by atoms with van der Waals surface area (Å²) in [5.74, 6) is 1.27. The van der Waals surface area contributed by atoms with Crippen molar-refractivity contribution in [3.8, 4) is 0 Å². The molecule has 0 unspecified atom stereocenters. The summed E-state index contributed by atoms with van der Waals surface area (Å²) in [5, 5.41) is 12.9. The summed E-state index contributed by atoms with van der Waals surface area (Å²) >= 11 is 0. The van der Waals surface area contributed by atoms with Crippen LogP contribution in [0, 0.1) is 5.92 Å². The number of rotatable bonds is 4. The van der Waals surface area contributed by atoms with E-state index in [0.29, 0.717) is 12.5 Å². The largest absolute Gasteiger partial charge is 0.388 e. The fourth-order valence-corrected chi connectivity index (χ4v) is 1.98. The summed E-state index contributed by atoms with van der Waals surface area (Å²) in [6.07, 6.45) is 6.82. The molecule has 2 fully saturated rings. The molecule has 0 saturated heterocycles. The molecule has 0 aromatic rings. The van der Waals surface area contributed by atoms with Crippen molar-refractivity contribution in [1.29, 1.82) is 0 Å². The van der Waals surface area contributed by atoms with E-state index in [1.165, 1.54) is 19.3 Å². The molecule has 0 atom stereocenters. The molecule has 2 saturated carbocycles. The molecule has 0 radical (unpaired) electrons. The lowest BCUT2D eigenvalue weighted by molar-refractivity contribution is -0.0235. The van der Waals surface area contributed by atoms with Crippen LogP contribution in [0.25, 0.3) is 0 Å². The van der Waals surface area contributed by atoms with Gasteiger partial charge in [-0.3, -0.25) is 4.99 Å². The Bertz CT molecular complexity index is 244. The fraction of sp³-hybridized carbons (Fsp3) is 0.909. The zero-order valence-corrected chi connectivity index (χ0v) is 9.21. The normalized spacial score (nSPS) is 25.5. The summed E-state index contributed by atoms with van der Waals surface area (Å²) in [4.78, 5) is 4.18. The van der Waals surface area contributed by atoms with Crippen LogP contribution in [-0.4, -0.2) is 29.8 Å². The Labute approximate surface area is 91.0 Å². The Morgan fingerprint density at radius 1 is 1.40 bits per heavy atom. The first-order chi connectivity index (χ1) is 7.18. The number of guanidine groups is 1. The summed E-state index contributed by atoms with van der Waals surface area (Å²) in [5.41, 5.74) is 5.16. The number of hydrogen-bond acceptors (Lipinski definition) is 2. The lowest BCUT2D eigenvalue weighted by Gasteiger charge is -2.35. The first-order valence-electron chi connectivity index (χ1n) is 5.94. The van der Waals surface area contributed by atoms with Crippen molar-refractivity contribution in [3.63, 3.8) is 0 Å². The third-order valence-corrected chi connectivity index (χ3v) is 3.62. The Hall–Kier alpha value is -0.770. The van der Waals surface area contributed by atoms with Gasteiger partial charge in [-0.25, -0.2) is 0 Å². The van der Waals surface area contributed by atoms with Crippen molar-refractivity contribution < 1.29 is 5.11 Å². The lowest BCUT2D eigenvalue weighted by Crippen LogP contribution is -2.42. The molecule has 86 valence electrons. The number of hydrogen-bond donors (Lipinski definition) is 3. The SMILES string of the molecule is NC(=NCC1(O)CCC1)NCC1CCC1. The van der Waals surface area contributed by atoms with Gasteiger partial charge in [-0.2, -0.15) is 0 Å². The van der Waals surface area contributed by atoms with E-state index >= 15 is 0 Å². The van der Waals surface area contributed by atoms with Crippen molar-refractivity contribution in [1.82, 2.24) is 5.32 Å². The smallest absolute Gasteiger partial charge is 0.188 e. The van der Waals surface area contributed by atoms with Crippen molar-refractivity contribution in [2.45, 2.75) is 44.1 Å². The van der Waals surface area contributed by atoms with Crippen molar-refractivity contribution in [2.24, 2.45) is 16.6 Å². The van der Waals surface area contributed by atoms with E-state index in [9.17, 15) is 5.11 Å². The topological polar surface area (TPSA) is 70.6 Å². The summed E-state index contributed by atoms with van der Waals surface area (Å²) in [6.45, 7) is 1.39. The molecule has 2 aliphatic carbocycles. The van der Waals surface area contributed by atoms with E-state index in [1.54, 1.807) is 0 Å². The maximum Gasteiger partial charge on any atom is 0.188 e. The molecule has 0 aliphatic heterocycles. The van der Waals surface area contributed by atoms with Gasteiger partial charge in [0.2, 0.25) is 0 Å². The maximum atomic E-state index is 9.80. The number of nitrogens with zero attached hydrogens (tertiary/aromatic N) is 1. The molecule has 0 bridgehead atoms. The van der Waals surface area contributed by atoms with Crippen LogP contribution in [0.4, 0.5) is 0 Å². The Balaban J connectivity index is 1.65. The highest BCUT2D eigenvalue weighted by atomic mass is 16.3. The molecule has 0 aromatic heterocycles. The molecule has 2 rings (SSSR count). The molecule has 4 heteroatoms. The van der Waals surface area contributed by atoms with Gasteiger partial charge >= 0.3 is 0 Å². The highest BCUT2D eigenvalue weighted by Gasteiger charge is 2.33. The van der Waals surface area contributed by atoms with Crippen LogP contribution < -0.4 is 11.1 Å². The highest BCUT2D eigenvalue weighted by molar-refractivity contribution is 5.77. The second-order valence-corrected chi connectivity index (χ2v) is 4.96. The van der Waals surface area contributed by atoms with Gasteiger partial charge in [-0.05, 0) is 38.0 Å². The molecule has 15 heavy (non-hydrogen) atoms. The minimum Gasteiger partial charge on any atom is -0.388 e. The van der Waals surface area contributed by atoms with E-state index in [4.69, 9.17) is 5.73 Å². The van der Waals surface area contributed by atoms with E-state index in [1.807, 2.05) is 0 Å². The predicted molar refractivity (Wildman–Crippen MR) is 60.6 cm³/mol. The Morgan fingerprint density at radius 2 is 2.13 bits per heavy atom. The molecule has 2 aliphatic rings. The van der Waals surface area contributed by atoms with Crippen molar-refractivity contribution >= 4 is 5.96 Å². The first-order valence-corrected chi connectivity index (χ1v) is 5.94. The van der Waals surface area contributed by atoms with Gasteiger partial charge in [0, 0.05) is 6.54 Å². The van der Waals surface area contributed by atoms with Gasteiger partial charge in [0.25, 0.3) is 0 Å². The maximum absolute atomic E-state index is 9.80. The highest BCUT2D eigenvalue weighted by Crippen LogP contribution is 2.31. The summed E-state index contributed by atoms with van der Waals surface area (Å²) in [7, 11) is 0. The van der Waals surface area contributed by atoms with Crippen LogP contribution in [0.15, 0.2) is 4.99 Å². The van der Waals surface area contributed by atoms with Crippen LogP contribution in [0.3, 0.4) is 0 Å². The van der Waals surface area contributed by atoms with E-state index in [2.05, 4.69) is 10.3 Å². The van der Waals surface area contributed by atoms with Gasteiger partial charge in [0.15, 0.2) is 5.96 Å². The molecule has 0 spiro atoms. The van der Waals surface area contributed by atoms with Crippen LogP contribution >= 0.6 is 0 Å². The number of nitrogens with one attached hydrogen (secondary N) is 1. The molecule has 0 amide bonds. The van der Waals surface area contributed by atoms with Gasteiger partial charge in [-0.1, -0.05) is 6.42 Å². The monoisotopic (exact) mass is 211 g/mol. The molecular formula is C11H21N3O. The van der Waals surface area contributed by atoms with E-state index in [0.717, 1.165) is 31.7 Å². The summed E-state index contributed by atoms with van der Waals surface area (Å²) < 4.78 is 0. The van der Waals surface area contributed by atoms with Crippen LogP contribution in [0.5, 0.6) is 0 Å². The lowest BCUT2D eigenvalue weighted by atomic mass is 9.80. The fourth-order valence-electron chi connectivity index (χ4n) is 1.98. The number of aliphatic imine (C=N–C) groups is 1. The third-order valence-electron chi connectivity index (χ3n) is 3.62. The van der Waals surface area contributed by atoms with Gasteiger partial charge in [0.05, 0.1) is 12.1 Å². The second-order valence-electron chi connectivity index (χ2n) is 4.96. The standard InChI is InChI=1S/C11H21N3O/c12-10(13-7-9-3-1-4-9)14-8-11(15)5-2-6-11/h9,15H,1-8H2,(H3,12,13,14). The third kappa shape index (κ3) is 2.84. The second kappa shape index (κ2) is 4.39. The minimum absolute atomic E-state index is 0.455. The quantitative estimate of drug-likeness (QED) is 0.471. The Morgan fingerprint density at radius 3 is 2.60 bits per heavy atom. The van der Waals surface area contributed by atoms with Gasteiger partial charge < -0.3 is 16.2 Å². The van der Waals surface area contributed by atoms with Gasteiger partial charge in [-0.15, -0.1) is 0 Å². The predicted octanol–water partition coefficient (Wildman–Crippen LogP) is 0.606. The molecule has 4 nitrogen and oxygen atoms in total. The zero-order valence-electron chi connectivity index (χ0n) is 9.21. The molecular weight excluding hydrogens is 190 g/mol. The van der Waals surface area contributed by atoms with Gasteiger partial charge in [0.1, 0.15) is 0 Å².